The van der Waals surface area contributed by atoms with Crippen molar-refractivity contribution in [2.75, 3.05) is 5.73 Å². The van der Waals surface area contributed by atoms with Gasteiger partial charge in [-0.1, -0.05) is 17.7 Å². The molecule has 7 heteroatoms. The molecule has 0 radical (unpaired) electrons. The minimum Gasteiger partial charge on any atom is -0.478 e. The predicted octanol–water partition coefficient (Wildman–Crippen LogP) is 3.69. The smallest absolute Gasteiger partial charge is 0.337 e. The largest absolute Gasteiger partial charge is 0.478 e. The van der Waals surface area contributed by atoms with E-state index in [1.54, 1.807) is 0 Å². The Bertz CT molecular complexity index is 692. The first kappa shape index (κ1) is 14.1. The molecule has 2 rings (SSSR count). The van der Waals surface area contributed by atoms with Gasteiger partial charge < -0.3 is 15.6 Å². The van der Waals surface area contributed by atoms with Crippen molar-refractivity contribution in [1.29, 1.82) is 0 Å². The number of carbonyl (C=O) groups is 1. The number of ether oxygens (including phenoxy) is 1. The molecular weight excluding hydrogens is 292 g/mol. The number of carboxylic acids is 1. The third-order valence-corrected chi connectivity index (χ3v) is 2.76. The van der Waals surface area contributed by atoms with Gasteiger partial charge in [0.25, 0.3) is 0 Å². The van der Waals surface area contributed by atoms with Gasteiger partial charge in [0.1, 0.15) is 0 Å². The minimum absolute atomic E-state index is 0.197. The van der Waals surface area contributed by atoms with Crippen molar-refractivity contribution in [3.8, 4) is 11.5 Å². The van der Waals surface area contributed by atoms with Gasteiger partial charge in [-0.25, -0.2) is 13.6 Å². The molecule has 4 nitrogen and oxygen atoms in total. The van der Waals surface area contributed by atoms with Crippen LogP contribution in [0.15, 0.2) is 30.3 Å². The quantitative estimate of drug-likeness (QED) is 0.848. The fourth-order valence-corrected chi connectivity index (χ4v) is 1.68. The molecule has 0 spiro atoms. The molecule has 0 aliphatic rings. The van der Waals surface area contributed by atoms with E-state index in [1.807, 2.05) is 0 Å². The van der Waals surface area contributed by atoms with Crippen LogP contribution in [0.3, 0.4) is 0 Å². The van der Waals surface area contributed by atoms with Gasteiger partial charge in [-0.05, 0) is 12.1 Å². The van der Waals surface area contributed by atoms with Crippen molar-refractivity contribution >= 4 is 23.3 Å². The van der Waals surface area contributed by atoms with E-state index < -0.39 is 23.4 Å². The first-order valence-corrected chi connectivity index (χ1v) is 5.72. The van der Waals surface area contributed by atoms with Gasteiger partial charge in [0.2, 0.25) is 0 Å². The van der Waals surface area contributed by atoms with Crippen LogP contribution in [0, 0.1) is 11.6 Å². The van der Waals surface area contributed by atoms with E-state index in [9.17, 15) is 13.6 Å². The van der Waals surface area contributed by atoms with Crippen LogP contribution in [0.1, 0.15) is 10.4 Å². The molecule has 2 aromatic carbocycles. The van der Waals surface area contributed by atoms with E-state index >= 15 is 0 Å². The summed E-state index contributed by atoms with van der Waals surface area (Å²) in [5.41, 5.74) is 4.77. The second kappa shape index (κ2) is 5.34. The Hall–Kier alpha value is -2.34. The molecule has 0 fully saturated rings. The molecule has 3 N–H and O–H groups in total. The zero-order valence-electron chi connectivity index (χ0n) is 9.86. The summed E-state index contributed by atoms with van der Waals surface area (Å²) in [5.74, 6) is -3.91. The Balaban J connectivity index is 2.46. The first-order chi connectivity index (χ1) is 9.40. The predicted molar refractivity (Wildman–Crippen MR) is 69.3 cm³/mol. The Kier molecular flexibility index (Phi) is 3.76. The van der Waals surface area contributed by atoms with Crippen molar-refractivity contribution in [1.82, 2.24) is 0 Å². The lowest BCUT2D eigenvalue weighted by molar-refractivity contribution is 0.0697. The molecule has 0 unspecified atom stereocenters. The number of carboxylic acid groups (broad SMARTS) is 1. The molecule has 0 bridgehead atoms. The van der Waals surface area contributed by atoms with E-state index in [0.29, 0.717) is 0 Å². The third kappa shape index (κ3) is 2.65. The normalized spacial score (nSPS) is 10.3. The lowest BCUT2D eigenvalue weighted by Crippen LogP contribution is -2.04. The van der Waals surface area contributed by atoms with Crippen molar-refractivity contribution in [2.45, 2.75) is 0 Å². The van der Waals surface area contributed by atoms with Crippen molar-refractivity contribution < 1.29 is 23.4 Å². The highest BCUT2D eigenvalue weighted by atomic mass is 35.5. The van der Waals surface area contributed by atoms with Gasteiger partial charge in [-0.3, -0.25) is 0 Å². The summed E-state index contributed by atoms with van der Waals surface area (Å²) in [6.07, 6.45) is 0. The Morgan fingerprint density at radius 1 is 1.25 bits per heavy atom. The van der Waals surface area contributed by atoms with Crippen molar-refractivity contribution in [2.24, 2.45) is 0 Å². The maximum atomic E-state index is 13.7. The zero-order valence-corrected chi connectivity index (χ0v) is 10.6. The standard InChI is InChI=1S/C13H8ClF2NO3/c14-7-2-1-3-10(12(7)16)20-11-4-6(13(18)19)9(17)5-8(11)15/h1-5H,17H2,(H,18,19). The molecule has 0 aromatic heterocycles. The molecule has 0 aliphatic carbocycles. The number of rotatable bonds is 3. The number of benzene rings is 2. The molecular formula is C13H8ClF2NO3. The Morgan fingerprint density at radius 3 is 2.60 bits per heavy atom. The average molecular weight is 300 g/mol. The van der Waals surface area contributed by atoms with E-state index in [2.05, 4.69) is 0 Å². The lowest BCUT2D eigenvalue weighted by atomic mass is 10.1. The molecule has 104 valence electrons. The van der Waals surface area contributed by atoms with Crippen LogP contribution in [0.2, 0.25) is 5.02 Å². The molecule has 0 atom stereocenters. The van der Waals surface area contributed by atoms with Gasteiger partial charge in [0, 0.05) is 17.8 Å². The molecule has 0 aliphatic heterocycles. The number of hydrogen-bond donors (Lipinski definition) is 2. The summed E-state index contributed by atoms with van der Waals surface area (Å²) in [6.45, 7) is 0. The molecule has 0 heterocycles. The summed E-state index contributed by atoms with van der Waals surface area (Å²) in [7, 11) is 0. The van der Waals surface area contributed by atoms with Gasteiger partial charge in [-0.15, -0.1) is 0 Å². The van der Waals surface area contributed by atoms with E-state index in [1.165, 1.54) is 18.2 Å². The summed E-state index contributed by atoms with van der Waals surface area (Å²) < 4.78 is 32.3. The topological polar surface area (TPSA) is 72.5 Å². The van der Waals surface area contributed by atoms with Crippen LogP contribution in [0.4, 0.5) is 14.5 Å². The molecule has 2 aromatic rings. The highest BCUT2D eigenvalue weighted by molar-refractivity contribution is 6.30. The summed E-state index contributed by atoms with van der Waals surface area (Å²) in [4.78, 5) is 10.9. The lowest BCUT2D eigenvalue weighted by Gasteiger charge is -2.10. The Labute approximate surface area is 117 Å². The number of halogens is 3. The van der Waals surface area contributed by atoms with Crippen molar-refractivity contribution in [3.05, 3.63) is 52.6 Å². The van der Waals surface area contributed by atoms with Crippen LogP contribution in [0.5, 0.6) is 11.5 Å². The summed E-state index contributed by atoms with van der Waals surface area (Å²) >= 11 is 5.56. The monoisotopic (exact) mass is 299 g/mol. The van der Waals surface area contributed by atoms with E-state index in [4.69, 9.17) is 27.2 Å². The third-order valence-electron chi connectivity index (χ3n) is 2.47. The van der Waals surface area contributed by atoms with Crippen LogP contribution in [0.25, 0.3) is 0 Å². The van der Waals surface area contributed by atoms with Gasteiger partial charge in [0.05, 0.1) is 10.6 Å². The highest BCUT2D eigenvalue weighted by Crippen LogP contribution is 2.32. The van der Waals surface area contributed by atoms with Crippen LogP contribution >= 0.6 is 11.6 Å². The van der Waals surface area contributed by atoms with Gasteiger partial charge in [-0.2, -0.15) is 0 Å². The van der Waals surface area contributed by atoms with E-state index in [0.717, 1.165) is 12.1 Å². The number of aromatic carboxylic acids is 1. The number of hydrogen-bond acceptors (Lipinski definition) is 3. The van der Waals surface area contributed by atoms with Crippen LogP contribution in [-0.2, 0) is 0 Å². The Morgan fingerprint density at radius 2 is 1.95 bits per heavy atom. The number of nitrogens with two attached hydrogens (primary N) is 1. The second-order valence-corrected chi connectivity index (χ2v) is 4.24. The SMILES string of the molecule is Nc1cc(F)c(Oc2cccc(Cl)c2F)cc1C(=O)O. The maximum absolute atomic E-state index is 13.7. The van der Waals surface area contributed by atoms with Crippen LogP contribution in [-0.4, -0.2) is 11.1 Å². The van der Waals surface area contributed by atoms with Crippen LogP contribution < -0.4 is 10.5 Å². The second-order valence-electron chi connectivity index (χ2n) is 3.83. The molecule has 0 saturated heterocycles. The van der Waals surface area contributed by atoms with Crippen molar-refractivity contribution in [3.63, 3.8) is 0 Å². The molecule has 20 heavy (non-hydrogen) atoms. The van der Waals surface area contributed by atoms with Gasteiger partial charge in [0.15, 0.2) is 23.1 Å². The zero-order chi connectivity index (χ0) is 14.9. The van der Waals surface area contributed by atoms with Gasteiger partial charge >= 0.3 is 5.97 Å². The fourth-order valence-electron chi connectivity index (χ4n) is 1.51. The minimum atomic E-state index is -1.35. The molecule has 0 saturated carbocycles. The highest BCUT2D eigenvalue weighted by Gasteiger charge is 2.16. The average Bonchev–Trinajstić information content (AvgIpc) is 2.37. The number of nitrogen functional groups attached to an aromatic ring is 1. The summed E-state index contributed by atoms with van der Waals surface area (Å²) in [5, 5.41) is 8.70. The number of anilines is 1. The first-order valence-electron chi connectivity index (χ1n) is 5.34. The fraction of sp³-hybridized carbons (Fsp3) is 0. The summed E-state index contributed by atoms with van der Waals surface area (Å²) in [6, 6.07) is 5.62. The maximum Gasteiger partial charge on any atom is 0.337 e. The van der Waals surface area contributed by atoms with E-state index in [-0.39, 0.29) is 22.0 Å². The molecule has 0 amide bonds.